The van der Waals surface area contributed by atoms with Gasteiger partial charge in [0.1, 0.15) is 13.2 Å². The first-order valence-electron chi connectivity index (χ1n) is 5.63. The van der Waals surface area contributed by atoms with Crippen molar-refractivity contribution in [3.05, 3.63) is 0 Å². The van der Waals surface area contributed by atoms with Crippen molar-refractivity contribution in [2.75, 3.05) is 13.2 Å². The van der Waals surface area contributed by atoms with Crippen molar-refractivity contribution in [1.29, 1.82) is 0 Å². The van der Waals surface area contributed by atoms with Crippen LogP contribution in [0.2, 0.25) is 0 Å². The smallest absolute Gasteiger partial charge is 0.411 e. The normalized spacial score (nSPS) is 14.2. The molecule has 0 saturated heterocycles. The summed E-state index contributed by atoms with van der Waals surface area (Å²) in [6.07, 6.45) is 5.54. The predicted molar refractivity (Wildman–Crippen MR) is 63.1 cm³/mol. The van der Waals surface area contributed by atoms with Crippen molar-refractivity contribution >= 4 is 14.5 Å². The minimum atomic E-state index is -2.10. The SMILES string of the molecule is CCCCC(CC)CO[P+](=O)OCC=NO. The van der Waals surface area contributed by atoms with Crippen LogP contribution in [0.3, 0.4) is 0 Å². The fourth-order valence-electron chi connectivity index (χ4n) is 1.23. The van der Waals surface area contributed by atoms with Gasteiger partial charge in [-0.3, -0.25) is 0 Å². The number of nitrogens with zero attached hydrogens (tertiary/aromatic N) is 1. The quantitative estimate of drug-likeness (QED) is 0.279. The zero-order valence-corrected chi connectivity index (χ0v) is 10.9. The van der Waals surface area contributed by atoms with Gasteiger partial charge in [0.2, 0.25) is 0 Å². The molecule has 0 aliphatic carbocycles. The second-order valence-electron chi connectivity index (χ2n) is 3.53. The Morgan fingerprint density at radius 2 is 2.19 bits per heavy atom. The predicted octanol–water partition coefficient (Wildman–Crippen LogP) is 3.35. The summed E-state index contributed by atoms with van der Waals surface area (Å²) < 4.78 is 21.0. The third-order valence-electron chi connectivity index (χ3n) is 2.30. The largest absolute Gasteiger partial charge is 0.697 e. The molecule has 0 aliphatic heterocycles. The molecule has 0 aliphatic rings. The topological polar surface area (TPSA) is 68.1 Å². The summed E-state index contributed by atoms with van der Waals surface area (Å²) in [6, 6.07) is 0. The van der Waals surface area contributed by atoms with Crippen molar-refractivity contribution in [3.63, 3.8) is 0 Å². The van der Waals surface area contributed by atoms with Gasteiger partial charge in [0.15, 0.2) is 0 Å². The lowest BCUT2D eigenvalue weighted by molar-refractivity contribution is 0.199. The first-order valence-corrected chi connectivity index (χ1v) is 6.73. The van der Waals surface area contributed by atoms with Gasteiger partial charge in [0.25, 0.3) is 0 Å². The number of hydrogen-bond donors (Lipinski definition) is 1. The van der Waals surface area contributed by atoms with Crippen LogP contribution >= 0.6 is 8.25 Å². The van der Waals surface area contributed by atoms with Crippen LogP contribution in [0.4, 0.5) is 0 Å². The van der Waals surface area contributed by atoms with Gasteiger partial charge < -0.3 is 5.21 Å². The zero-order valence-electron chi connectivity index (χ0n) is 9.96. The van der Waals surface area contributed by atoms with E-state index in [0.29, 0.717) is 12.5 Å². The maximum absolute atomic E-state index is 11.2. The van der Waals surface area contributed by atoms with Crippen molar-refractivity contribution in [2.24, 2.45) is 11.1 Å². The molecule has 5 nitrogen and oxygen atoms in total. The molecule has 16 heavy (non-hydrogen) atoms. The summed E-state index contributed by atoms with van der Waals surface area (Å²) in [5, 5.41) is 10.8. The molecule has 0 rings (SSSR count). The first-order chi connectivity index (χ1) is 7.74. The molecular formula is C10H21NO4P+. The van der Waals surface area contributed by atoms with Crippen LogP contribution in [0.15, 0.2) is 5.16 Å². The standard InChI is InChI=1S/C10H20NO4P/c1-3-5-6-10(4-2)9-15-16(13)14-8-7-11-12/h7,10H,3-6,8-9H2,1-2H3/p+1. The molecule has 6 heteroatoms. The van der Waals surface area contributed by atoms with Gasteiger partial charge in [-0.15, -0.1) is 9.05 Å². The number of unbranched alkanes of at least 4 members (excludes halogenated alkanes) is 1. The summed E-state index contributed by atoms with van der Waals surface area (Å²) in [6.45, 7) is 4.70. The van der Waals surface area contributed by atoms with E-state index in [1.54, 1.807) is 0 Å². The van der Waals surface area contributed by atoms with Crippen LogP contribution in [0.1, 0.15) is 39.5 Å². The maximum atomic E-state index is 11.2. The van der Waals surface area contributed by atoms with Gasteiger partial charge in [-0.05, 0) is 12.3 Å². The van der Waals surface area contributed by atoms with Gasteiger partial charge in [0.05, 0.1) is 6.21 Å². The van der Waals surface area contributed by atoms with Crippen LogP contribution in [-0.4, -0.2) is 24.6 Å². The Labute approximate surface area is 97.8 Å². The lowest BCUT2D eigenvalue weighted by Gasteiger charge is -2.09. The summed E-state index contributed by atoms with van der Waals surface area (Å²) >= 11 is 0. The fraction of sp³-hybridized carbons (Fsp3) is 0.900. The zero-order chi connectivity index (χ0) is 12.2. The Bertz CT molecular complexity index is 211. The van der Waals surface area contributed by atoms with Gasteiger partial charge in [0, 0.05) is 4.57 Å². The van der Waals surface area contributed by atoms with Crippen molar-refractivity contribution in [3.8, 4) is 0 Å². The van der Waals surface area contributed by atoms with Crippen LogP contribution in [0.5, 0.6) is 0 Å². The van der Waals surface area contributed by atoms with E-state index in [-0.39, 0.29) is 6.61 Å². The van der Waals surface area contributed by atoms with Crippen LogP contribution < -0.4 is 0 Å². The maximum Gasteiger partial charge on any atom is 0.697 e. The van der Waals surface area contributed by atoms with E-state index in [0.717, 1.165) is 31.9 Å². The lowest BCUT2D eigenvalue weighted by Crippen LogP contribution is -2.06. The summed E-state index contributed by atoms with van der Waals surface area (Å²) in [5.41, 5.74) is 0. The summed E-state index contributed by atoms with van der Waals surface area (Å²) in [5.74, 6) is 0.439. The molecule has 2 atom stereocenters. The number of oxime groups is 1. The fourth-order valence-corrected chi connectivity index (χ4v) is 1.82. The molecule has 0 fully saturated rings. The molecule has 0 amide bonds. The van der Waals surface area contributed by atoms with E-state index in [9.17, 15) is 4.57 Å². The second kappa shape index (κ2) is 11.0. The molecule has 0 heterocycles. The van der Waals surface area contributed by atoms with Crippen LogP contribution in [0, 0.1) is 5.92 Å². The lowest BCUT2D eigenvalue weighted by atomic mass is 10.0. The van der Waals surface area contributed by atoms with Crippen molar-refractivity contribution in [1.82, 2.24) is 0 Å². The average molecular weight is 250 g/mol. The van der Waals surface area contributed by atoms with E-state index in [1.165, 1.54) is 0 Å². The summed E-state index contributed by atoms with van der Waals surface area (Å²) in [4.78, 5) is 0. The highest BCUT2D eigenvalue weighted by atomic mass is 31.1. The third kappa shape index (κ3) is 8.77. The van der Waals surface area contributed by atoms with E-state index in [1.807, 2.05) is 0 Å². The van der Waals surface area contributed by atoms with Crippen molar-refractivity contribution < 1.29 is 18.8 Å². The highest BCUT2D eigenvalue weighted by molar-refractivity contribution is 7.33. The molecule has 0 aromatic heterocycles. The van der Waals surface area contributed by atoms with Crippen LogP contribution in [0.25, 0.3) is 0 Å². The Kier molecular flexibility index (Phi) is 10.6. The molecule has 0 bridgehead atoms. The molecule has 0 saturated carbocycles. The Balaban J connectivity index is 3.61. The molecule has 1 N–H and O–H groups in total. The molecule has 0 aromatic carbocycles. The van der Waals surface area contributed by atoms with Crippen molar-refractivity contribution in [2.45, 2.75) is 39.5 Å². The molecular weight excluding hydrogens is 229 g/mol. The monoisotopic (exact) mass is 250 g/mol. The Hall–Kier alpha value is -0.510. The summed E-state index contributed by atoms with van der Waals surface area (Å²) in [7, 11) is -2.10. The highest BCUT2D eigenvalue weighted by Crippen LogP contribution is 2.26. The highest BCUT2D eigenvalue weighted by Gasteiger charge is 2.21. The molecule has 94 valence electrons. The average Bonchev–Trinajstić information content (AvgIpc) is 2.30. The molecule has 0 spiro atoms. The molecule has 0 radical (unpaired) electrons. The second-order valence-corrected chi connectivity index (χ2v) is 4.49. The van der Waals surface area contributed by atoms with Gasteiger partial charge in [-0.25, -0.2) is 0 Å². The minimum Gasteiger partial charge on any atom is -0.411 e. The van der Waals surface area contributed by atoms with Gasteiger partial charge in [-0.2, -0.15) is 0 Å². The Morgan fingerprint density at radius 3 is 2.75 bits per heavy atom. The van der Waals surface area contributed by atoms with E-state index in [2.05, 4.69) is 19.0 Å². The van der Waals surface area contributed by atoms with Crippen LogP contribution in [-0.2, 0) is 13.6 Å². The van der Waals surface area contributed by atoms with Gasteiger partial charge >= 0.3 is 8.25 Å². The first kappa shape index (κ1) is 15.5. The number of hydrogen-bond acceptors (Lipinski definition) is 5. The molecule has 2 unspecified atom stereocenters. The third-order valence-corrected chi connectivity index (χ3v) is 3.01. The Morgan fingerprint density at radius 1 is 1.44 bits per heavy atom. The van der Waals surface area contributed by atoms with E-state index < -0.39 is 8.25 Å². The van der Waals surface area contributed by atoms with Gasteiger partial charge in [-0.1, -0.05) is 38.3 Å². The minimum absolute atomic E-state index is 0.00252. The van der Waals surface area contributed by atoms with E-state index in [4.69, 9.17) is 14.3 Å². The number of rotatable bonds is 10. The molecule has 0 aromatic rings. The van der Waals surface area contributed by atoms with E-state index >= 15 is 0 Å².